The maximum atomic E-state index is 12.4. The molecule has 0 bridgehead atoms. The average Bonchev–Trinajstić information content (AvgIpc) is 2.39. The lowest BCUT2D eigenvalue weighted by Crippen LogP contribution is -2.43. The lowest BCUT2D eigenvalue weighted by Gasteiger charge is -2.27. The number of piperazine rings is 1. The molecule has 2 nitrogen and oxygen atoms in total. The van der Waals surface area contributed by atoms with Gasteiger partial charge in [0.2, 0.25) is 0 Å². The largest absolute Gasteiger partial charge is 0.416 e. The molecule has 1 saturated heterocycles. The van der Waals surface area contributed by atoms with Crippen LogP contribution in [0.4, 0.5) is 13.2 Å². The quantitative estimate of drug-likeness (QED) is 0.906. The molecule has 0 unspecified atom stereocenters. The number of nitrogens with one attached hydrogen (secondary N) is 1. The molecule has 19 heavy (non-hydrogen) atoms. The van der Waals surface area contributed by atoms with Gasteiger partial charge < -0.3 is 10.2 Å². The molecular formula is C14H19F3N2. The van der Waals surface area contributed by atoms with Crippen molar-refractivity contribution in [3.05, 3.63) is 35.4 Å². The molecule has 5 heteroatoms. The van der Waals surface area contributed by atoms with Crippen molar-refractivity contribution in [3.63, 3.8) is 0 Å². The van der Waals surface area contributed by atoms with Crippen molar-refractivity contribution >= 4 is 0 Å². The van der Waals surface area contributed by atoms with Gasteiger partial charge in [-0.05, 0) is 37.1 Å². The van der Waals surface area contributed by atoms with Gasteiger partial charge in [-0.1, -0.05) is 12.1 Å². The summed E-state index contributed by atoms with van der Waals surface area (Å²) in [7, 11) is 0. The highest BCUT2D eigenvalue weighted by atomic mass is 19.4. The third-order valence-corrected chi connectivity index (χ3v) is 3.43. The van der Waals surface area contributed by atoms with Crippen molar-refractivity contribution in [1.82, 2.24) is 10.2 Å². The van der Waals surface area contributed by atoms with Crippen molar-refractivity contribution in [2.24, 2.45) is 0 Å². The van der Waals surface area contributed by atoms with Crippen LogP contribution in [0.5, 0.6) is 0 Å². The monoisotopic (exact) mass is 272 g/mol. The Bertz CT molecular complexity index is 381. The Labute approximate surface area is 111 Å². The first kappa shape index (κ1) is 14.3. The minimum Gasteiger partial charge on any atom is -0.314 e. The van der Waals surface area contributed by atoms with Crippen LogP contribution < -0.4 is 5.32 Å². The number of benzene rings is 1. The van der Waals surface area contributed by atoms with E-state index in [2.05, 4.69) is 10.2 Å². The first-order valence-electron chi connectivity index (χ1n) is 6.65. The van der Waals surface area contributed by atoms with E-state index in [1.807, 2.05) is 0 Å². The summed E-state index contributed by atoms with van der Waals surface area (Å²) in [6.07, 6.45) is -2.41. The molecule has 0 spiro atoms. The topological polar surface area (TPSA) is 15.3 Å². The zero-order valence-corrected chi connectivity index (χ0v) is 10.8. The molecule has 2 rings (SSSR count). The molecule has 0 aliphatic carbocycles. The molecule has 1 N–H and O–H groups in total. The van der Waals surface area contributed by atoms with Gasteiger partial charge in [-0.2, -0.15) is 13.2 Å². The van der Waals surface area contributed by atoms with Crippen LogP contribution in [0.2, 0.25) is 0 Å². The van der Waals surface area contributed by atoms with Gasteiger partial charge in [0, 0.05) is 26.2 Å². The van der Waals surface area contributed by atoms with Gasteiger partial charge in [0.15, 0.2) is 0 Å². The molecule has 106 valence electrons. The predicted octanol–water partition coefficient (Wildman–Crippen LogP) is 2.54. The number of alkyl halides is 3. The molecule has 0 atom stereocenters. The van der Waals surface area contributed by atoms with Crippen LogP contribution in [0.25, 0.3) is 0 Å². The van der Waals surface area contributed by atoms with Crippen molar-refractivity contribution in [1.29, 1.82) is 0 Å². The average molecular weight is 272 g/mol. The van der Waals surface area contributed by atoms with E-state index < -0.39 is 11.7 Å². The van der Waals surface area contributed by atoms with E-state index >= 15 is 0 Å². The molecule has 0 saturated carbocycles. The molecule has 0 aromatic heterocycles. The highest BCUT2D eigenvalue weighted by Gasteiger charge is 2.29. The summed E-state index contributed by atoms with van der Waals surface area (Å²) in [5, 5.41) is 3.29. The number of hydrogen-bond donors (Lipinski definition) is 1. The van der Waals surface area contributed by atoms with E-state index in [9.17, 15) is 13.2 Å². The van der Waals surface area contributed by atoms with Crippen LogP contribution in [-0.2, 0) is 12.6 Å². The van der Waals surface area contributed by atoms with Gasteiger partial charge in [-0.25, -0.2) is 0 Å². The van der Waals surface area contributed by atoms with E-state index in [-0.39, 0.29) is 0 Å². The number of nitrogens with zero attached hydrogens (tertiary/aromatic N) is 1. The lowest BCUT2D eigenvalue weighted by molar-refractivity contribution is -0.137. The fourth-order valence-corrected chi connectivity index (χ4v) is 2.30. The minimum atomic E-state index is -4.24. The zero-order valence-electron chi connectivity index (χ0n) is 10.8. The van der Waals surface area contributed by atoms with Gasteiger partial charge in [-0.3, -0.25) is 0 Å². The Morgan fingerprint density at radius 3 is 2.26 bits per heavy atom. The third kappa shape index (κ3) is 4.51. The first-order valence-corrected chi connectivity index (χ1v) is 6.65. The number of rotatable bonds is 4. The minimum absolute atomic E-state index is 0.571. The summed E-state index contributed by atoms with van der Waals surface area (Å²) in [6, 6.07) is 5.50. The summed E-state index contributed by atoms with van der Waals surface area (Å²) >= 11 is 0. The molecule has 1 heterocycles. The Morgan fingerprint density at radius 1 is 1.05 bits per heavy atom. The smallest absolute Gasteiger partial charge is 0.314 e. The van der Waals surface area contributed by atoms with Gasteiger partial charge in [0.05, 0.1) is 5.56 Å². The normalized spacial score (nSPS) is 17.6. The first-order chi connectivity index (χ1) is 9.05. The molecule has 1 aliphatic heterocycles. The third-order valence-electron chi connectivity index (χ3n) is 3.43. The van der Waals surface area contributed by atoms with Gasteiger partial charge in [-0.15, -0.1) is 0 Å². The van der Waals surface area contributed by atoms with Gasteiger partial charge in [0.1, 0.15) is 0 Å². The summed E-state index contributed by atoms with van der Waals surface area (Å²) < 4.78 is 37.2. The second-order valence-electron chi connectivity index (χ2n) is 4.89. The SMILES string of the molecule is FC(F)(F)c1ccc(CCCN2CCNCC2)cc1. The second-order valence-corrected chi connectivity index (χ2v) is 4.89. The van der Waals surface area contributed by atoms with Crippen molar-refractivity contribution < 1.29 is 13.2 Å². The van der Waals surface area contributed by atoms with Crippen LogP contribution >= 0.6 is 0 Å². The summed E-state index contributed by atoms with van der Waals surface area (Å²) in [5.74, 6) is 0. The van der Waals surface area contributed by atoms with E-state index in [0.29, 0.717) is 0 Å². The van der Waals surface area contributed by atoms with Crippen LogP contribution in [0.15, 0.2) is 24.3 Å². The summed E-state index contributed by atoms with van der Waals surface area (Å²) in [5.41, 5.74) is 0.404. The number of aryl methyl sites for hydroxylation is 1. The lowest BCUT2D eigenvalue weighted by atomic mass is 10.1. The van der Waals surface area contributed by atoms with Crippen LogP contribution in [0, 0.1) is 0 Å². The molecular weight excluding hydrogens is 253 g/mol. The molecule has 1 fully saturated rings. The molecule has 1 aliphatic rings. The predicted molar refractivity (Wildman–Crippen MR) is 69.1 cm³/mol. The van der Waals surface area contributed by atoms with Gasteiger partial charge in [0.25, 0.3) is 0 Å². The van der Waals surface area contributed by atoms with Crippen molar-refractivity contribution in [2.45, 2.75) is 19.0 Å². The zero-order chi connectivity index (χ0) is 13.7. The number of hydrogen-bond acceptors (Lipinski definition) is 2. The highest BCUT2D eigenvalue weighted by Crippen LogP contribution is 2.29. The molecule has 1 aromatic carbocycles. The Kier molecular flexibility index (Phi) is 4.82. The number of halogens is 3. The molecule has 0 amide bonds. The summed E-state index contributed by atoms with van der Waals surface area (Å²) in [4.78, 5) is 2.39. The van der Waals surface area contributed by atoms with E-state index in [1.54, 1.807) is 12.1 Å². The van der Waals surface area contributed by atoms with E-state index in [0.717, 1.165) is 51.1 Å². The Hall–Kier alpha value is -1.07. The van der Waals surface area contributed by atoms with E-state index in [1.165, 1.54) is 12.1 Å². The fraction of sp³-hybridized carbons (Fsp3) is 0.571. The fourth-order valence-electron chi connectivity index (χ4n) is 2.30. The summed E-state index contributed by atoms with van der Waals surface area (Å²) in [6.45, 7) is 5.20. The Morgan fingerprint density at radius 2 is 1.68 bits per heavy atom. The van der Waals surface area contributed by atoms with Crippen LogP contribution in [-0.4, -0.2) is 37.6 Å². The Balaban J connectivity index is 1.76. The van der Waals surface area contributed by atoms with Crippen molar-refractivity contribution in [3.8, 4) is 0 Å². The van der Waals surface area contributed by atoms with Gasteiger partial charge >= 0.3 is 6.18 Å². The highest BCUT2D eigenvalue weighted by molar-refractivity contribution is 5.24. The molecule has 1 aromatic rings. The standard InChI is InChI=1S/C14H19F3N2/c15-14(16,17)13-5-3-12(4-6-13)2-1-9-19-10-7-18-8-11-19/h3-6,18H,1-2,7-11H2. The molecule has 0 radical (unpaired) electrons. The maximum absolute atomic E-state index is 12.4. The second kappa shape index (κ2) is 6.39. The van der Waals surface area contributed by atoms with Crippen molar-refractivity contribution in [2.75, 3.05) is 32.7 Å². The van der Waals surface area contributed by atoms with E-state index in [4.69, 9.17) is 0 Å². The maximum Gasteiger partial charge on any atom is 0.416 e. The van der Waals surface area contributed by atoms with Crippen LogP contribution in [0.3, 0.4) is 0 Å². The van der Waals surface area contributed by atoms with Crippen LogP contribution in [0.1, 0.15) is 17.5 Å².